The van der Waals surface area contributed by atoms with E-state index >= 15 is 0 Å². The van der Waals surface area contributed by atoms with Crippen LogP contribution < -0.4 is 15.4 Å². The molecule has 3 aromatic rings. The van der Waals surface area contributed by atoms with E-state index in [-0.39, 0.29) is 17.6 Å². The van der Waals surface area contributed by atoms with Gasteiger partial charge in [-0.25, -0.2) is 0 Å². The van der Waals surface area contributed by atoms with Crippen LogP contribution in [0.5, 0.6) is 5.75 Å². The van der Waals surface area contributed by atoms with Gasteiger partial charge in [0, 0.05) is 16.8 Å². The van der Waals surface area contributed by atoms with Gasteiger partial charge in [-0.1, -0.05) is 0 Å². The van der Waals surface area contributed by atoms with Gasteiger partial charge >= 0.3 is 0 Å². The van der Waals surface area contributed by atoms with Crippen LogP contribution in [-0.4, -0.2) is 23.2 Å². The summed E-state index contributed by atoms with van der Waals surface area (Å²) in [7, 11) is 1.56. The molecule has 29 heavy (non-hydrogen) atoms. The number of aryl methyl sites for hydroxylation is 1. The van der Waals surface area contributed by atoms with Crippen LogP contribution in [-0.2, 0) is 6.61 Å². The van der Waals surface area contributed by atoms with E-state index in [1.807, 2.05) is 31.2 Å². The zero-order chi connectivity index (χ0) is 21.0. The molecule has 0 saturated heterocycles. The molecule has 0 spiro atoms. The molecule has 0 unspecified atom stereocenters. The van der Waals surface area contributed by atoms with Gasteiger partial charge in [0.25, 0.3) is 5.91 Å². The summed E-state index contributed by atoms with van der Waals surface area (Å²) in [4.78, 5) is 12.4. The van der Waals surface area contributed by atoms with Crippen molar-refractivity contribution in [3.05, 3.63) is 69.9 Å². The van der Waals surface area contributed by atoms with Gasteiger partial charge in [-0.2, -0.15) is 0 Å². The molecule has 1 amide bonds. The first-order valence-electron chi connectivity index (χ1n) is 8.67. The molecule has 2 aromatic carbocycles. The van der Waals surface area contributed by atoms with Crippen molar-refractivity contribution in [2.24, 2.45) is 0 Å². The summed E-state index contributed by atoms with van der Waals surface area (Å²) < 4.78 is 11.4. The Morgan fingerprint density at radius 1 is 1.21 bits per heavy atom. The SMILES string of the molecule is COc1ccc(C(=O)NC(=S)Nc2ccc(-c3ccc(CO)o3)c(C)c2)cc1Br. The number of benzene rings is 2. The third kappa shape index (κ3) is 5.03. The van der Waals surface area contributed by atoms with Crippen molar-refractivity contribution in [3.63, 3.8) is 0 Å². The van der Waals surface area contributed by atoms with E-state index in [2.05, 4.69) is 26.6 Å². The highest BCUT2D eigenvalue weighted by Gasteiger charge is 2.12. The van der Waals surface area contributed by atoms with Gasteiger partial charge in [-0.05, 0) is 89.2 Å². The first kappa shape index (κ1) is 21.0. The number of aliphatic hydroxyl groups excluding tert-OH is 1. The molecule has 0 fully saturated rings. The molecule has 0 saturated carbocycles. The van der Waals surface area contributed by atoms with E-state index in [1.54, 1.807) is 31.4 Å². The maximum absolute atomic E-state index is 12.4. The van der Waals surface area contributed by atoms with Crippen LogP contribution >= 0.6 is 28.1 Å². The van der Waals surface area contributed by atoms with Gasteiger partial charge < -0.3 is 19.6 Å². The first-order chi connectivity index (χ1) is 13.9. The Balaban J connectivity index is 1.66. The maximum Gasteiger partial charge on any atom is 0.257 e. The second kappa shape index (κ2) is 9.21. The number of nitrogens with one attached hydrogen (secondary N) is 2. The standard InChI is InChI=1S/C21H19BrN2O4S/c1-12-9-14(4-6-16(12)18-8-5-15(11-25)28-18)23-21(29)24-20(26)13-3-7-19(27-2)17(22)10-13/h3-10,25H,11H2,1-2H3,(H2,23,24,26,29). The quantitative estimate of drug-likeness (QED) is 0.467. The zero-order valence-corrected chi connectivity index (χ0v) is 18.2. The van der Waals surface area contributed by atoms with Crippen molar-refractivity contribution in [1.29, 1.82) is 0 Å². The number of methoxy groups -OCH3 is 1. The van der Waals surface area contributed by atoms with Crippen molar-refractivity contribution in [2.75, 3.05) is 12.4 Å². The predicted octanol–water partition coefficient (Wildman–Crippen LogP) is 4.65. The molecule has 6 nitrogen and oxygen atoms in total. The van der Waals surface area contributed by atoms with Crippen molar-refractivity contribution in [2.45, 2.75) is 13.5 Å². The zero-order valence-electron chi connectivity index (χ0n) is 15.8. The van der Waals surface area contributed by atoms with Crippen LogP contribution in [0.3, 0.4) is 0 Å². The van der Waals surface area contributed by atoms with E-state index in [9.17, 15) is 4.79 Å². The minimum absolute atomic E-state index is 0.141. The van der Waals surface area contributed by atoms with Crippen LogP contribution in [0.15, 0.2) is 57.4 Å². The third-order valence-electron chi connectivity index (χ3n) is 4.21. The van der Waals surface area contributed by atoms with Crippen molar-refractivity contribution >= 4 is 44.9 Å². The summed E-state index contributed by atoms with van der Waals surface area (Å²) in [6, 6.07) is 14.2. The number of amides is 1. The minimum atomic E-state index is -0.327. The number of thiocarbonyl (C=S) groups is 1. The molecule has 1 heterocycles. The Morgan fingerprint density at radius 3 is 2.62 bits per heavy atom. The molecule has 8 heteroatoms. The fourth-order valence-electron chi connectivity index (χ4n) is 2.77. The molecule has 0 aliphatic carbocycles. The summed E-state index contributed by atoms with van der Waals surface area (Å²) in [5, 5.41) is 15.0. The van der Waals surface area contributed by atoms with Gasteiger partial charge in [0.2, 0.25) is 0 Å². The van der Waals surface area contributed by atoms with Crippen LogP contribution in [0.25, 0.3) is 11.3 Å². The first-order valence-corrected chi connectivity index (χ1v) is 9.88. The van der Waals surface area contributed by atoms with Crippen molar-refractivity contribution in [3.8, 4) is 17.1 Å². The summed E-state index contributed by atoms with van der Waals surface area (Å²) in [5.41, 5.74) is 3.06. The number of anilines is 1. The monoisotopic (exact) mass is 474 g/mol. The van der Waals surface area contributed by atoms with E-state index in [0.29, 0.717) is 27.3 Å². The van der Waals surface area contributed by atoms with E-state index in [1.165, 1.54) is 0 Å². The average Bonchev–Trinajstić information content (AvgIpc) is 3.16. The van der Waals surface area contributed by atoms with Crippen molar-refractivity contribution < 1.29 is 19.1 Å². The highest BCUT2D eigenvalue weighted by atomic mass is 79.9. The lowest BCUT2D eigenvalue weighted by Gasteiger charge is -2.12. The lowest BCUT2D eigenvalue weighted by molar-refractivity contribution is 0.0977. The number of hydrogen-bond donors (Lipinski definition) is 3. The van der Waals surface area contributed by atoms with E-state index < -0.39 is 0 Å². The van der Waals surface area contributed by atoms with Crippen LogP contribution in [0.1, 0.15) is 21.7 Å². The Hall–Kier alpha value is -2.68. The van der Waals surface area contributed by atoms with Gasteiger partial charge in [-0.3, -0.25) is 10.1 Å². The fraction of sp³-hybridized carbons (Fsp3) is 0.143. The fourth-order valence-corrected chi connectivity index (χ4v) is 3.52. The molecular formula is C21H19BrN2O4S. The molecule has 0 aliphatic heterocycles. The molecule has 150 valence electrons. The molecule has 3 rings (SSSR count). The summed E-state index contributed by atoms with van der Waals surface area (Å²) >= 11 is 8.62. The summed E-state index contributed by atoms with van der Waals surface area (Å²) in [5.74, 6) is 1.50. The predicted molar refractivity (Wildman–Crippen MR) is 119 cm³/mol. The molecule has 3 N–H and O–H groups in total. The molecule has 0 atom stereocenters. The number of carbonyl (C=O) groups excluding carboxylic acids is 1. The Morgan fingerprint density at radius 2 is 2.00 bits per heavy atom. The second-order valence-electron chi connectivity index (χ2n) is 6.21. The molecule has 0 bridgehead atoms. The number of hydrogen-bond acceptors (Lipinski definition) is 5. The van der Waals surface area contributed by atoms with E-state index in [4.69, 9.17) is 26.5 Å². The van der Waals surface area contributed by atoms with Gasteiger partial charge in [-0.15, -0.1) is 0 Å². The second-order valence-corrected chi connectivity index (χ2v) is 7.47. The number of aliphatic hydroxyl groups is 1. The third-order valence-corrected chi connectivity index (χ3v) is 5.03. The number of halogens is 1. The number of carbonyl (C=O) groups is 1. The Bertz CT molecular complexity index is 1060. The van der Waals surface area contributed by atoms with Gasteiger partial charge in [0.1, 0.15) is 23.9 Å². The Kier molecular flexibility index (Phi) is 6.68. The van der Waals surface area contributed by atoms with Gasteiger partial charge in [0.05, 0.1) is 11.6 Å². The van der Waals surface area contributed by atoms with Crippen LogP contribution in [0.4, 0.5) is 5.69 Å². The number of ether oxygens (including phenoxy) is 1. The number of rotatable bonds is 5. The minimum Gasteiger partial charge on any atom is -0.496 e. The van der Waals surface area contributed by atoms with E-state index in [0.717, 1.165) is 16.8 Å². The highest BCUT2D eigenvalue weighted by Crippen LogP contribution is 2.28. The Labute approximate surface area is 182 Å². The summed E-state index contributed by atoms with van der Waals surface area (Å²) in [6.07, 6.45) is 0. The number of furan rings is 1. The molecular weight excluding hydrogens is 456 g/mol. The topological polar surface area (TPSA) is 83.7 Å². The summed E-state index contributed by atoms with van der Waals surface area (Å²) in [6.45, 7) is 1.80. The molecule has 0 aliphatic rings. The van der Waals surface area contributed by atoms with Crippen LogP contribution in [0.2, 0.25) is 0 Å². The van der Waals surface area contributed by atoms with Crippen molar-refractivity contribution in [1.82, 2.24) is 5.32 Å². The highest BCUT2D eigenvalue weighted by molar-refractivity contribution is 9.10. The molecule has 0 radical (unpaired) electrons. The molecule has 1 aromatic heterocycles. The lowest BCUT2D eigenvalue weighted by Crippen LogP contribution is -2.34. The van der Waals surface area contributed by atoms with Crippen LogP contribution in [0, 0.1) is 6.92 Å². The maximum atomic E-state index is 12.4. The van der Waals surface area contributed by atoms with Gasteiger partial charge in [0.15, 0.2) is 5.11 Å². The smallest absolute Gasteiger partial charge is 0.257 e. The normalized spacial score (nSPS) is 10.5. The lowest BCUT2D eigenvalue weighted by atomic mass is 10.1. The largest absolute Gasteiger partial charge is 0.496 e. The average molecular weight is 475 g/mol.